The van der Waals surface area contributed by atoms with Gasteiger partial charge in [-0.25, -0.2) is 0 Å². The number of nitrogens with one attached hydrogen (secondary N) is 1. The van der Waals surface area contributed by atoms with E-state index >= 15 is 0 Å². The minimum Gasteiger partial charge on any atom is -0.497 e. The second-order valence-electron chi connectivity index (χ2n) is 5.68. The Morgan fingerprint density at radius 3 is 2.72 bits per heavy atom. The van der Waals surface area contributed by atoms with Gasteiger partial charge in [-0.05, 0) is 42.7 Å². The van der Waals surface area contributed by atoms with Crippen molar-refractivity contribution < 1.29 is 14.3 Å². The summed E-state index contributed by atoms with van der Waals surface area (Å²) in [5.74, 6) is 0.658. The Balaban J connectivity index is 1.64. The molecule has 1 unspecified atom stereocenters. The lowest BCUT2D eigenvalue weighted by molar-refractivity contribution is -0.116. The fourth-order valence-corrected chi connectivity index (χ4v) is 2.34. The van der Waals surface area contributed by atoms with Crippen LogP contribution in [0.1, 0.15) is 30.6 Å². The van der Waals surface area contributed by atoms with Crippen molar-refractivity contribution in [2.45, 2.75) is 19.4 Å². The van der Waals surface area contributed by atoms with E-state index in [1.54, 1.807) is 13.2 Å². The number of hydrogen-bond acceptors (Lipinski definition) is 3. The topological polar surface area (TPSA) is 47.6 Å². The van der Waals surface area contributed by atoms with Crippen molar-refractivity contribution >= 4 is 12.0 Å². The SMILES string of the molecule is COc1cccc(/C=C/C(=O)NCCCOC(C)c2ccccc2)c1. The summed E-state index contributed by atoms with van der Waals surface area (Å²) in [4.78, 5) is 11.8. The van der Waals surface area contributed by atoms with Crippen molar-refractivity contribution in [1.82, 2.24) is 5.32 Å². The molecule has 0 aliphatic carbocycles. The molecular formula is C21H25NO3. The second kappa shape index (κ2) is 10.3. The Kier molecular flexibility index (Phi) is 7.73. The molecule has 0 aliphatic heterocycles. The number of carbonyl (C=O) groups excluding carboxylic acids is 1. The molecule has 1 N–H and O–H groups in total. The van der Waals surface area contributed by atoms with E-state index in [1.807, 2.05) is 49.4 Å². The van der Waals surface area contributed by atoms with Crippen LogP contribution in [-0.4, -0.2) is 26.2 Å². The Labute approximate surface area is 149 Å². The first-order valence-electron chi connectivity index (χ1n) is 8.45. The molecule has 0 heterocycles. The maximum absolute atomic E-state index is 11.8. The molecule has 0 saturated heterocycles. The van der Waals surface area contributed by atoms with Crippen molar-refractivity contribution in [3.8, 4) is 5.75 Å². The average Bonchev–Trinajstić information content (AvgIpc) is 2.66. The van der Waals surface area contributed by atoms with Crippen LogP contribution in [0.4, 0.5) is 0 Å². The molecule has 25 heavy (non-hydrogen) atoms. The van der Waals surface area contributed by atoms with Crippen molar-refractivity contribution in [3.63, 3.8) is 0 Å². The van der Waals surface area contributed by atoms with Crippen molar-refractivity contribution in [2.24, 2.45) is 0 Å². The van der Waals surface area contributed by atoms with E-state index in [2.05, 4.69) is 17.4 Å². The number of benzene rings is 2. The molecule has 4 heteroatoms. The maximum Gasteiger partial charge on any atom is 0.244 e. The third kappa shape index (κ3) is 6.81. The Bertz CT molecular complexity index is 683. The minimum atomic E-state index is -0.112. The molecule has 0 bridgehead atoms. The van der Waals surface area contributed by atoms with E-state index in [1.165, 1.54) is 6.08 Å². The molecule has 0 saturated carbocycles. The maximum atomic E-state index is 11.8. The van der Waals surface area contributed by atoms with E-state index in [4.69, 9.17) is 9.47 Å². The molecule has 2 rings (SSSR count). The Morgan fingerprint density at radius 2 is 1.96 bits per heavy atom. The lowest BCUT2D eigenvalue weighted by Crippen LogP contribution is -2.23. The molecule has 0 aliphatic rings. The van der Waals surface area contributed by atoms with Crippen LogP contribution >= 0.6 is 0 Å². The van der Waals surface area contributed by atoms with E-state index < -0.39 is 0 Å². The zero-order valence-electron chi connectivity index (χ0n) is 14.8. The summed E-state index contributed by atoms with van der Waals surface area (Å²) in [5.41, 5.74) is 2.09. The number of amides is 1. The van der Waals surface area contributed by atoms with E-state index in [0.717, 1.165) is 23.3 Å². The fraction of sp³-hybridized carbons (Fsp3) is 0.286. The van der Waals surface area contributed by atoms with Crippen molar-refractivity contribution in [3.05, 3.63) is 71.8 Å². The largest absolute Gasteiger partial charge is 0.497 e. The monoisotopic (exact) mass is 339 g/mol. The van der Waals surface area contributed by atoms with Gasteiger partial charge < -0.3 is 14.8 Å². The van der Waals surface area contributed by atoms with Gasteiger partial charge in [0.2, 0.25) is 5.91 Å². The number of ether oxygens (including phenoxy) is 2. The molecule has 1 amide bonds. The first-order valence-corrected chi connectivity index (χ1v) is 8.45. The normalized spacial score (nSPS) is 12.1. The highest BCUT2D eigenvalue weighted by Crippen LogP contribution is 2.16. The molecular weight excluding hydrogens is 314 g/mol. The first-order chi connectivity index (χ1) is 12.2. The van der Waals surface area contributed by atoms with Gasteiger partial charge in [0.1, 0.15) is 5.75 Å². The minimum absolute atomic E-state index is 0.0601. The van der Waals surface area contributed by atoms with Crippen LogP contribution in [0.15, 0.2) is 60.7 Å². The van der Waals surface area contributed by atoms with Crippen molar-refractivity contribution in [2.75, 3.05) is 20.3 Å². The quantitative estimate of drug-likeness (QED) is 0.555. The molecule has 0 fully saturated rings. The Hall–Kier alpha value is -2.59. The van der Waals surface area contributed by atoms with Gasteiger partial charge in [-0.1, -0.05) is 42.5 Å². The van der Waals surface area contributed by atoms with Gasteiger partial charge in [-0.15, -0.1) is 0 Å². The van der Waals surface area contributed by atoms with Gasteiger partial charge in [-0.2, -0.15) is 0 Å². The first kappa shape index (κ1) is 18.7. The van der Waals surface area contributed by atoms with Crippen LogP contribution in [-0.2, 0) is 9.53 Å². The number of carbonyl (C=O) groups is 1. The van der Waals surface area contributed by atoms with E-state index in [-0.39, 0.29) is 12.0 Å². The molecule has 2 aromatic carbocycles. The van der Waals surface area contributed by atoms with Gasteiger partial charge in [0.25, 0.3) is 0 Å². The summed E-state index contributed by atoms with van der Waals surface area (Å²) < 4.78 is 10.9. The lowest BCUT2D eigenvalue weighted by Gasteiger charge is -2.13. The summed E-state index contributed by atoms with van der Waals surface area (Å²) in [7, 11) is 1.62. The molecule has 2 aromatic rings. The highest BCUT2D eigenvalue weighted by molar-refractivity contribution is 5.91. The molecule has 0 radical (unpaired) electrons. The Morgan fingerprint density at radius 1 is 1.16 bits per heavy atom. The molecule has 4 nitrogen and oxygen atoms in total. The zero-order valence-corrected chi connectivity index (χ0v) is 14.8. The summed E-state index contributed by atoms with van der Waals surface area (Å²) in [6.45, 7) is 3.23. The van der Waals surface area contributed by atoms with Crippen LogP contribution in [0.3, 0.4) is 0 Å². The third-order valence-corrected chi connectivity index (χ3v) is 3.78. The van der Waals surface area contributed by atoms with Crippen LogP contribution in [0, 0.1) is 0 Å². The van der Waals surface area contributed by atoms with Crippen LogP contribution in [0.25, 0.3) is 6.08 Å². The third-order valence-electron chi connectivity index (χ3n) is 3.78. The van der Waals surface area contributed by atoms with E-state index in [0.29, 0.717) is 13.2 Å². The summed E-state index contributed by atoms with van der Waals surface area (Å²) in [6.07, 6.45) is 4.13. The fourth-order valence-electron chi connectivity index (χ4n) is 2.34. The van der Waals surface area contributed by atoms with E-state index in [9.17, 15) is 4.79 Å². The standard InChI is InChI=1S/C21H25NO3/c1-17(19-9-4-3-5-10-19)25-15-7-14-22-21(23)13-12-18-8-6-11-20(16-18)24-2/h3-6,8-13,16-17H,7,14-15H2,1-2H3,(H,22,23)/b13-12+. The molecule has 132 valence electrons. The molecule has 1 atom stereocenters. The molecule has 0 aromatic heterocycles. The smallest absolute Gasteiger partial charge is 0.244 e. The summed E-state index contributed by atoms with van der Waals surface area (Å²) in [6, 6.07) is 17.7. The highest BCUT2D eigenvalue weighted by Gasteiger charge is 2.04. The molecule has 0 spiro atoms. The average molecular weight is 339 g/mol. The van der Waals surface area contributed by atoms with Crippen LogP contribution < -0.4 is 10.1 Å². The predicted octanol–water partition coefficient (Wildman–Crippen LogP) is 3.99. The summed E-state index contributed by atoms with van der Waals surface area (Å²) in [5, 5.41) is 2.86. The van der Waals surface area contributed by atoms with Gasteiger partial charge in [0.15, 0.2) is 0 Å². The number of methoxy groups -OCH3 is 1. The number of rotatable bonds is 9. The highest BCUT2D eigenvalue weighted by atomic mass is 16.5. The van der Waals surface area contributed by atoms with Gasteiger partial charge in [0.05, 0.1) is 13.2 Å². The second-order valence-corrected chi connectivity index (χ2v) is 5.68. The van der Waals surface area contributed by atoms with Crippen molar-refractivity contribution in [1.29, 1.82) is 0 Å². The zero-order chi connectivity index (χ0) is 17.9. The van der Waals surface area contributed by atoms with Gasteiger partial charge in [0, 0.05) is 19.2 Å². The van der Waals surface area contributed by atoms with Crippen LogP contribution in [0.2, 0.25) is 0 Å². The predicted molar refractivity (Wildman–Crippen MR) is 100 cm³/mol. The van der Waals surface area contributed by atoms with Gasteiger partial charge in [-0.3, -0.25) is 4.79 Å². The summed E-state index contributed by atoms with van der Waals surface area (Å²) >= 11 is 0. The number of hydrogen-bond donors (Lipinski definition) is 1. The lowest BCUT2D eigenvalue weighted by atomic mass is 10.1. The van der Waals surface area contributed by atoms with Gasteiger partial charge >= 0.3 is 0 Å². The van der Waals surface area contributed by atoms with Crippen LogP contribution in [0.5, 0.6) is 5.75 Å².